The van der Waals surface area contributed by atoms with Gasteiger partial charge in [0, 0.05) is 14.1 Å². The zero-order valence-corrected chi connectivity index (χ0v) is 9.95. The molecular formula is C8H11F3N4OS. The van der Waals surface area contributed by atoms with Crippen LogP contribution in [0.1, 0.15) is 9.67 Å². The lowest BCUT2D eigenvalue weighted by molar-refractivity contribution is -0.123. The highest BCUT2D eigenvalue weighted by molar-refractivity contribution is 7.18. The van der Waals surface area contributed by atoms with E-state index in [0.717, 1.165) is 11.3 Å². The molecule has 9 heteroatoms. The van der Waals surface area contributed by atoms with Gasteiger partial charge in [-0.3, -0.25) is 4.79 Å². The van der Waals surface area contributed by atoms with Crippen LogP contribution in [-0.4, -0.2) is 37.7 Å². The quantitative estimate of drug-likeness (QED) is 0.860. The Morgan fingerprint density at radius 1 is 1.53 bits per heavy atom. The molecule has 1 rings (SSSR count). The van der Waals surface area contributed by atoms with Gasteiger partial charge >= 0.3 is 6.18 Å². The zero-order chi connectivity index (χ0) is 13.2. The van der Waals surface area contributed by atoms with Crippen molar-refractivity contribution in [3.8, 4) is 0 Å². The van der Waals surface area contributed by atoms with E-state index in [-0.39, 0.29) is 10.7 Å². The molecule has 0 unspecified atom stereocenters. The van der Waals surface area contributed by atoms with Crippen LogP contribution >= 0.6 is 11.3 Å². The molecule has 0 aliphatic carbocycles. The molecule has 5 nitrogen and oxygen atoms in total. The number of anilines is 2. The van der Waals surface area contributed by atoms with Gasteiger partial charge in [-0.1, -0.05) is 11.3 Å². The van der Waals surface area contributed by atoms with Crippen LogP contribution in [0, 0.1) is 0 Å². The minimum atomic E-state index is -4.44. The number of alkyl halides is 3. The summed E-state index contributed by atoms with van der Waals surface area (Å²) in [6, 6.07) is 0. The Morgan fingerprint density at radius 3 is 2.53 bits per heavy atom. The van der Waals surface area contributed by atoms with Crippen molar-refractivity contribution in [1.82, 2.24) is 10.3 Å². The van der Waals surface area contributed by atoms with Crippen molar-refractivity contribution in [3.63, 3.8) is 0 Å². The third-order valence-electron chi connectivity index (χ3n) is 1.68. The fraction of sp³-hybridized carbons (Fsp3) is 0.500. The van der Waals surface area contributed by atoms with E-state index in [1.807, 2.05) is 0 Å². The summed E-state index contributed by atoms with van der Waals surface area (Å²) < 4.78 is 35.7. The van der Waals surface area contributed by atoms with Crippen LogP contribution in [0.5, 0.6) is 0 Å². The number of aromatic nitrogens is 1. The lowest BCUT2D eigenvalue weighted by Gasteiger charge is -2.07. The molecule has 0 bridgehead atoms. The Kier molecular flexibility index (Phi) is 3.81. The maximum Gasteiger partial charge on any atom is 0.405 e. The number of hydrogen-bond donors (Lipinski definition) is 2. The topological polar surface area (TPSA) is 71.2 Å². The molecule has 0 atom stereocenters. The van der Waals surface area contributed by atoms with Gasteiger partial charge in [0.2, 0.25) is 0 Å². The van der Waals surface area contributed by atoms with E-state index in [1.54, 1.807) is 24.3 Å². The Hall–Kier alpha value is -1.51. The Bertz CT molecular complexity index is 415. The molecule has 0 fully saturated rings. The average Bonchev–Trinajstić information content (AvgIpc) is 2.56. The predicted molar refractivity (Wildman–Crippen MR) is 59.2 cm³/mol. The lowest BCUT2D eigenvalue weighted by Crippen LogP contribution is -2.33. The number of halogens is 3. The van der Waals surface area contributed by atoms with Crippen LogP contribution in [0.2, 0.25) is 0 Å². The van der Waals surface area contributed by atoms with Crippen LogP contribution in [0.3, 0.4) is 0 Å². The number of nitrogen functional groups attached to an aromatic ring is 1. The standard InChI is InChI=1S/C8H11F3N4OS/c1-15(2)7-14-5(12)4(17-7)6(16)13-3-8(9,10)11/h3,12H2,1-2H3,(H,13,16). The summed E-state index contributed by atoms with van der Waals surface area (Å²) in [5.41, 5.74) is 5.45. The minimum absolute atomic E-state index is 0.0158. The largest absolute Gasteiger partial charge is 0.405 e. The highest BCUT2D eigenvalue weighted by Gasteiger charge is 2.29. The molecule has 1 heterocycles. The van der Waals surface area contributed by atoms with E-state index in [2.05, 4.69) is 4.98 Å². The summed E-state index contributed by atoms with van der Waals surface area (Å²) in [6.07, 6.45) is -4.44. The van der Waals surface area contributed by atoms with E-state index in [0.29, 0.717) is 5.13 Å². The van der Waals surface area contributed by atoms with Crippen LogP contribution in [0.4, 0.5) is 24.1 Å². The highest BCUT2D eigenvalue weighted by atomic mass is 32.1. The van der Waals surface area contributed by atoms with Gasteiger partial charge < -0.3 is 16.0 Å². The maximum atomic E-state index is 11.9. The summed E-state index contributed by atoms with van der Waals surface area (Å²) in [6.45, 7) is -1.39. The van der Waals surface area contributed by atoms with E-state index in [1.165, 1.54) is 0 Å². The third kappa shape index (κ3) is 3.77. The van der Waals surface area contributed by atoms with Gasteiger partial charge in [-0.25, -0.2) is 4.98 Å². The van der Waals surface area contributed by atoms with Crippen molar-refractivity contribution in [1.29, 1.82) is 0 Å². The smallest absolute Gasteiger partial charge is 0.382 e. The third-order valence-corrected chi connectivity index (χ3v) is 2.92. The molecule has 0 spiro atoms. The number of hydrogen-bond acceptors (Lipinski definition) is 5. The highest BCUT2D eigenvalue weighted by Crippen LogP contribution is 2.26. The van der Waals surface area contributed by atoms with E-state index >= 15 is 0 Å². The molecule has 3 N–H and O–H groups in total. The number of carbonyl (C=O) groups is 1. The fourth-order valence-corrected chi connectivity index (χ4v) is 1.76. The first-order valence-electron chi connectivity index (χ1n) is 4.49. The summed E-state index contributed by atoms with van der Waals surface area (Å²) in [5, 5.41) is 2.20. The molecule has 0 saturated heterocycles. The van der Waals surface area contributed by atoms with Gasteiger partial charge in [0.25, 0.3) is 5.91 Å². The van der Waals surface area contributed by atoms with Gasteiger partial charge in [-0.05, 0) is 0 Å². The van der Waals surface area contributed by atoms with Crippen LogP contribution in [0.25, 0.3) is 0 Å². The molecular weight excluding hydrogens is 257 g/mol. The Balaban J connectivity index is 2.76. The van der Waals surface area contributed by atoms with E-state index in [4.69, 9.17) is 5.73 Å². The SMILES string of the molecule is CN(C)c1nc(N)c(C(=O)NCC(F)(F)F)s1. The maximum absolute atomic E-state index is 11.9. The molecule has 1 amide bonds. The number of amides is 1. The second-order valence-electron chi connectivity index (χ2n) is 3.40. The molecule has 1 aromatic heterocycles. The van der Waals surface area contributed by atoms with Crippen molar-refractivity contribution in [2.75, 3.05) is 31.3 Å². The number of thiazole rings is 1. The second-order valence-corrected chi connectivity index (χ2v) is 4.38. The summed E-state index contributed by atoms with van der Waals surface area (Å²) in [7, 11) is 3.38. The van der Waals surface area contributed by atoms with Crippen molar-refractivity contribution in [3.05, 3.63) is 4.88 Å². The van der Waals surface area contributed by atoms with Crippen molar-refractivity contribution in [2.45, 2.75) is 6.18 Å². The normalized spacial score (nSPS) is 11.4. The lowest BCUT2D eigenvalue weighted by atomic mass is 10.4. The van der Waals surface area contributed by atoms with Gasteiger partial charge in [0.15, 0.2) is 5.13 Å². The first kappa shape index (κ1) is 13.6. The Labute approximate surface area is 99.4 Å². The van der Waals surface area contributed by atoms with Crippen LogP contribution in [0.15, 0.2) is 0 Å². The van der Waals surface area contributed by atoms with Gasteiger partial charge in [-0.2, -0.15) is 13.2 Å². The monoisotopic (exact) mass is 268 g/mol. The number of carbonyl (C=O) groups excluding carboxylic acids is 1. The van der Waals surface area contributed by atoms with Gasteiger partial charge in [0.1, 0.15) is 17.2 Å². The minimum Gasteiger partial charge on any atom is -0.382 e. The summed E-state index contributed by atoms with van der Waals surface area (Å²) in [5.74, 6) is -0.941. The second kappa shape index (κ2) is 4.78. The van der Waals surface area contributed by atoms with E-state index < -0.39 is 18.6 Å². The fourth-order valence-electron chi connectivity index (χ4n) is 0.935. The number of nitrogens with one attached hydrogen (secondary N) is 1. The molecule has 0 aliphatic heterocycles. The first-order valence-corrected chi connectivity index (χ1v) is 5.31. The molecule has 0 saturated carbocycles. The van der Waals surface area contributed by atoms with E-state index in [9.17, 15) is 18.0 Å². The molecule has 17 heavy (non-hydrogen) atoms. The van der Waals surface area contributed by atoms with Gasteiger partial charge in [0.05, 0.1) is 0 Å². The van der Waals surface area contributed by atoms with Crippen LogP contribution < -0.4 is 16.0 Å². The van der Waals surface area contributed by atoms with Crippen molar-refractivity contribution < 1.29 is 18.0 Å². The number of nitrogens with two attached hydrogens (primary N) is 1. The number of nitrogens with zero attached hydrogens (tertiary/aromatic N) is 2. The zero-order valence-electron chi connectivity index (χ0n) is 9.13. The summed E-state index contributed by atoms with van der Waals surface area (Å²) in [4.78, 5) is 16.9. The van der Waals surface area contributed by atoms with Crippen molar-refractivity contribution in [2.24, 2.45) is 0 Å². The Morgan fingerprint density at radius 2 is 2.12 bits per heavy atom. The van der Waals surface area contributed by atoms with Crippen LogP contribution in [-0.2, 0) is 0 Å². The molecule has 0 aliphatic rings. The molecule has 0 aromatic carbocycles. The molecule has 1 aromatic rings. The van der Waals surface area contributed by atoms with Gasteiger partial charge in [-0.15, -0.1) is 0 Å². The molecule has 0 radical (unpaired) electrons. The number of rotatable bonds is 3. The first-order chi connectivity index (χ1) is 7.70. The average molecular weight is 268 g/mol. The van der Waals surface area contributed by atoms with Crippen molar-refractivity contribution >= 4 is 28.2 Å². The summed E-state index contributed by atoms with van der Waals surface area (Å²) >= 11 is 0.937. The predicted octanol–water partition coefficient (Wildman–Crippen LogP) is 1.08. The molecule has 96 valence electrons.